The second-order valence-electron chi connectivity index (χ2n) is 27.2. The number of carbonyl (C=O) groups is 2. The van der Waals surface area contributed by atoms with E-state index >= 15 is 9.59 Å². The van der Waals surface area contributed by atoms with Crippen molar-refractivity contribution < 1.29 is 29.3 Å². The highest BCUT2D eigenvalue weighted by Crippen LogP contribution is 2.61. The van der Waals surface area contributed by atoms with E-state index in [0.717, 1.165) is 65.5 Å². The highest BCUT2D eigenvalue weighted by Gasteiger charge is 2.63. The monoisotopic (exact) mass is 903 g/mol. The SMILES string of the molecule is CCCC(C1CC(C)(C)N(C)C(C)(C)C1)(C1CC(C)(C)N(C)C(C)(C)C1)C(C(=O)OCc1cc(C(C)(C)C)c(O)c(C(C)(C)C)c1)C(=O)OCc1cc(C(C)(C)C)c(O)c(C(C)(C)C)c1. The minimum absolute atomic E-state index is 0.0175. The maximum Gasteiger partial charge on any atom is 0.321 e. The number of piperidine rings is 2. The van der Waals surface area contributed by atoms with Crippen LogP contribution >= 0.6 is 0 Å². The quantitative estimate of drug-likeness (QED) is 0.170. The molecule has 368 valence electrons. The van der Waals surface area contributed by atoms with Crippen LogP contribution in [0.15, 0.2) is 24.3 Å². The second kappa shape index (κ2) is 18.1. The summed E-state index contributed by atoms with van der Waals surface area (Å²) < 4.78 is 13.2. The molecule has 2 heterocycles. The van der Waals surface area contributed by atoms with Crippen LogP contribution in [0.2, 0.25) is 0 Å². The molecule has 2 aliphatic heterocycles. The molecule has 8 nitrogen and oxygen atoms in total. The van der Waals surface area contributed by atoms with Gasteiger partial charge in [0.25, 0.3) is 0 Å². The van der Waals surface area contributed by atoms with Gasteiger partial charge in [-0.25, -0.2) is 0 Å². The van der Waals surface area contributed by atoms with Crippen LogP contribution in [-0.2, 0) is 53.9 Å². The number of phenolic OH excluding ortho intramolecular Hbond substituents is 2. The number of ether oxygens (including phenoxy) is 2. The third-order valence-corrected chi connectivity index (χ3v) is 16.2. The van der Waals surface area contributed by atoms with E-state index in [4.69, 9.17) is 9.47 Å². The van der Waals surface area contributed by atoms with Crippen LogP contribution in [0.4, 0.5) is 0 Å². The van der Waals surface area contributed by atoms with Crippen molar-refractivity contribution in [3.05, 3.63) is 57.6 Å². The molecule has 0 bridgehead atoms. The Bertz CT molecular complexity index is 1800. The summed E-state index contributed by atoms with van der Waals surface area (Å²) in [6.45, 7) is 45.5. The average Bonchev–Trinajstić information content (AvgIpc) is 3.12. The number of aromatic hydroxyl groups is 2. The first-order chi connectivity index (χ1) is 29.1. The molecule has 0 radical (unpaired) electrons. The third kappa shape index (κ3) is 11.3. The van der Waals surface area contributed by atoms with Gasteiger partial charge in [0.2, 0.25) is 0 Å². The zero-order valence-electron chi connectivity index (χ0n) is 45.6. The van der Waals surface area contributed by atoms with Crippen LogP contribution in [0.1, 0.15) is 217 Å². The van der Waals surface area contributed by atoms with Gasteiger partial charge in [0, 0.05) is 27.6 Å². The van der Waals surface area contributed by atoms with E-state index in [1.54, 1.807) is 0 Å². The summed E-state index contributed by atoms with van der Waals surface area (Å²) in [4.78, 5) is 36.5. The first-order valence-electron chi connectivity index (χ1n) is 24.7. The predicted molar refractivity (Wildman–Crippen MR) is 269 cm³/mol. The summed E-state index contributed by atoms with van der Waals surface area (Å²) in [5.74, 6) is -1.82. The lowest BCUT2D eigenvalue weighted by Gasteiger charge is -2.64. The maximum absolute atomic E-state index is 15.8. The molecule has 0 aromatic heterocycles. The first-order valence-corrected chi connectivity index (χ1v) is 24.7. The number of hydrogen-bond acceptors (Lipinski definition) is 8. The van der Waals surface area contributed by atoms with Crippen molar-refractivity contribution in [3.63, 3.8) is 0 Å². The van der Waals surface area contributed by atoms with Crippen molar-refractivity contribution in [1.29, 1.82) is 0 Å². The van der Waals surface area contributed by atoms with Gasteiger partial charge < -0.3 is 19.7 Å². The molecule has 4 rings (SSSR count). The Labute approximate surface area is 397 Å². The Hall–Kier alpha value is -3.10. The van der Waals surface area contributed by atoms with Gasteiger partial charge >= 0.3 is 11.9 Å². The van der Waals surface area contributed by atoms with Gasteiger partial charge in [0.1, 0.15) is 24.7 Å². The molecule has 2 fully saturated rings. The lowest BCUT2D eigenvalue weighted by molar-refractivity contribution is -0.192. The van der Waals surface area contributed by atoms with Crippen molar-refractivity contribution in [1.82, 2.24) is 9.80 Å². The number of nitrogens with zero attached hydrogens (tertiary/aromatic N) is 2. The van der Waals surface area contributed by atoms with Crippen molar-refractivity contribution in [2.45, 2.75) is 241 Å². The van der Waals surface area contributed by atoms with Crippen molar-refractivity contribution >= 4 is 11.9 Å². The fourth-order valence-corrected chi connectivity index (χ4v) is 12.1. The van der Waals surface area contributed by atoms with Crippen LogP contribution in [0.25, 0.3) is 0 Å². The van der Waals surface area contributed by atoms with Crippen LogP contribution in [0.5, 0.6) is 11.5 Å². The second-order valence-corrected chi connectivity index (χ2v) is 27.2. The summed E-state index contributed by atoms with van der Waals surface area (Å²) in [6, 6.07) is 7.83. The van der Waals surface area contributed by atoms with Crippen molar-refractivity contribution in [3.8, 4) is 11.5 Å². The van der Waals surface area contributed by atoms with Crippen molar-refractivity contribution in [2.24, 2.45) is 23.2 Å². The number of carbonyl (C=O) groups excluding carboxylic acids is 2. The van der Waals surface area contributed by atoms with Crippen LogP contribution in [0, 0.1) is 23.2 Å². The Balaban J connectivity index is 2.02. The molecule has 2 aliphatic rings. The summed E-state index contributed by atoms with van der Waals surface area (Å²) >= 11 is 0. The highest BCUT2D eigenvalue weighted by molar-refractivity contribution is 5.96. The minimum atomic E-state index is -1.22. The van der Waals surface area contributed by atoms with Gasteiger partial charge in [-0.05, 0) is 193 Å². The zero-order chi connectivity index (χ0) is 50.1. The van der Waals surface area contributed by atoms with Gasteiger partial charge in [0.05, 0.1) is 0 Å². The van der Waals surface area contributed by atoms with Gasteiger partial charge in [0.15, 0.2) is 5.92 Å². The average molecular weight is 903 g/mol. The molecule has 0 atom stereocenters. The molecule has 2 saturated heterocycles. The summed E-state index contributed by atoms with van der Waals surface area (Å²) in [7, 11) is 4.43. The number of likely N-dealkylation sites (tertiary alicyclic amines) is 2. The molecule has 2 aromatic rings. The predicted octanol–water partition coefficient (Wildman–Crippen LogP) is 13.3. The third-order valence-electron chi connectivity index (χ3n) is 16.2. The van der Waals surface area contributed by atoms with E-state index < -0.39 is 23.3 Å². The number of hydrogen-bond donors (Lipinski definition) is 2. The molecule has 0 aliphatic carbocycles. The topological polar surface area (TPSA) is 99.5 Å². The number of benzene rings is 2. The van der Waals surface area contributed by atoms with Gasteiger partial charge in [-0.15, -0.1) is 0 Å². The lowest BCUT2D eigenvalue weighted by Crippen LogP contribution is -2.67. The van der Waals surface area contributed by atoms with Crippen LogP contribution in [0.3, 0.4) is 0 Å². The van der Waals surface area contributed by atoms with E-state index in [0.29, 0.717) is 6.42 Å². The zero-order valence-corrected chi connectivity index (χ0v) is 45.6. The largest absolute Gasteiger partial charge is 0.507 e. The Kier molecular flexibility index (Phi) is 15.2. The van der Waals surface area contributed by atoms with Gasteiger partial charge in [-0.1, -0.05) is 96.4 Å². The normalized spacial score (nSPS) is 20.2. The summed E-state index contributed by atoms with van der Waals surface area (Å²) in [5.41, 5.74) is 1.49. The molecule has 0 amide bonds. The van der Waals surface area contributed by atoms with E-state index in [1.165, 1.54) is 0 Å². The van der Waals surface area contributed by atoms with Gasteiger partial charge in [-0.3, -0.25) is 19.4 Å². The Morgan fingerprint density at radius 1 is 0.554 bits per heavy atom. The van der Waals surface area contributed by atoms with E-state index in [1.807, 2.05) is 24.3 Å². The van der Waals surface area contributed by atoms with Crippen LogP contribution in [-0.4, -0.2) is 68.2 Å². The summed E-state index contributed by atoms with van der Waals surface area (Å²) in [6.07, 6.45) is 4.66. The molecule has 2 aromatic carbocycles. The molecule has 8 heteroatoms. The standard InChI is InChI=1S/C57H94N2O6/c1-24-25-57(38-30-53(14,15)58(22)54(16,17)31-38,39-32-55(18,19)59(23)56(20,21)33-39)44(47(62)64-34-36-26-40(49(2,3)4)45(60)41(27-36)50(5,6)7)48(63)65-35-37-28-42(51(8,9)10)46(61)43(29-37)52(11,12)13/h26-29,38-39,44,60-61H,24-25,30-35H2,1-23H3. The smallest absolute Gasteiger partial charge is 0.321 e. The van der Waals surface area contributed by atoms with E-state index in [2.05, 4.69) is 169 Å². The molecule has 0 unspecified atom stereocenters. The number of rotatable bonds is 11. The Morgan fingerprint density at radius 3 is 1.02 bits per heavy atom. The maximum atomic E-state index is 15.8. The molecular formula is C57H94N2O6. The van der Waals surface area contributed by atoms with E-state index in [9.17, 15) is 10.2 Å². The van der Waals surface area contributed by atoms with E-state index in [-0.39, 0.29) is 80.4 Å². The molecular weight excluding hydrogens is 809 g/mol. The van der Waals surface area contributed by atoms with Crippen LogP contribution < -0.4 is 0 Å². The molecule has 0 saturated carbocycles. The fourth-order valence-electron chi connectivity index (χ4n) is 12.1. The fraction of sp³-hybridized carbons (Fsp3) is 0.754. The highest BCUT2D eigenvalue weighted by atomic mass is 16.6. The molecule has 2 N–H and O–H groups in total. The molecule has 65 heavy (non-hydrogen) atoms. The van der Waals surface area contributed by atoms with Crippen molar-refractivity contribution in [2.75, 3.05) is 14.1 Å². The minimum Gasteiger partial charge on any atom is -0.507 e. The summed E-state index contributed by atoms with van der Waals surface area (Å²) in [5, 5.41) is 23.2. The van der Waals surface area contributed by atoms with Gasteiger partial charge in [-0.2, -0.15) is 0 Å². The molecule has 0 spiro atoms. The first kappa shape index (κ1) is 54.5. The number of esters is 2. The number of phenols is 2. The lowest BCUT2D eigenvalue weighted by atomic mass is 9.48. The Morgan fingerprint density at radius 2 is 0.800 bits per heavy atom.